The van der Waals surface area contributed by atoms with E-state index in [9.17, 15) is 4.79 Å². The van der Waals surface area contributed by atoms with Crippen LogP contribution in [-0.2, 0) is 4.79 Å². The van der Waals surface area contributed by atoms with Crippen molar-refractivity contribution < 1.29 is 19.0 Å². The third-order valence-corrected chi connectivity index (χ3v) is 5.37. The van der Waals surface area contributed by atoms with Crippen LogP contribution in [0.3, 0.4) is 0 Å². The third-order valence-electron chi connectivity index (χ3n) is 5.04. The SMILES string of the molecule is COc1ccc(N2C(=O)/C(=C\c3ccc(OC)cc3OC)N=C2c2ccccc2Cl)cc1. The Morgan fingerprint density at radius 1 is 0.875 bits per heavy atom. The van der Waals surface area contributed by atoms with Crippen LogP contribution in [0.15, 0.2) is 77.4 Å². The van der Waals surface area contributed by atoms with Crippen molar-refractivity contribution in [1.29, 1.82) is 0 Å². The second-order valence-corrected chi connectivity index (χ2v) is 7.30. The number of hydrogen-bond acceptors (Lipinski definition) is 5. The van der Waals surface area contributed by atoms with E-state index in [4.69, 9.17) is 25.8 Å². The second kappa shape index (κ2) is 9.16. The van der Waals surface area contributed by atoms with E-state index in [-0.39, 0.29) is 11.6 Å². The van der Waals surface area contributed by atoms with Crippen molar-refractivity contribution in [1.82, 2.24) is 0 Å². The van der Waals surface area contributed by atoms with Crippen molar-refractivity contribution in [2.45, 2.75) is 0 Å². The van der Waals surface area contributed by atoms with E-state index in [1.165, 1.54) is 0 Å². The Labute approximate surface area is 191 Å². The Balaban J connectivity index is 1.83. The van der Waals surface area contributed by atoms with Gasteiger partial charge >= 0.3 is 0 Å². The lowest BCUT2D eigenvalue weighted by molar-refractivity contribution is -0.113. The van der Waals surface area contributed by atoms with Gasteiger partial charge in [0.2, 0.25) is 0 Å². The molecule has 0 radical (unpaired) electrons. The summed E-state index contributed by atoms with van der Waals surface area (Å²) in [6.45, 7) is 0. The largest absolute Gasteiger partial charge is 0.497 e. The summed E-state index contributed by atoms with van der Waals surface area (Å²) < 4.78 is 16.0. The number of amides is 1. The zero-order chi connectivity index (χ0) is 22.7. The molecule has 32 heavy (non-hydrogen) atoms. The van der Waals surface area contributed by atoms with Crippen molar-refractivity contribution in [2.24, 2.45) is 4.99 Å². The van der Waals surface area contributed by atoms with Crippen molar-refractivity contribution in [3.63, 3.8) is 0 Å². The standard InChI is InChI=1S/C25H21ClN2O4/c1-30-18-12-9-17(10-13-18)28-24(20-6-4-5-7-21(20)26)27-22(25(28)29)14-16-8-11-19(31-2)15-23(16)32-3/h4-15H,1-3H3/b22-14+. The number of hydrogen-bond donors (Lipinski definition) is 0. The summed E-state index contributed by atoms with van der Waals surface area (Å²) in [4.78, 5) is 19.7. The van der Waals surface area contributed by atoms with Gasteiger partial charge in [-0.3, -0.25) is 9.69 Å². The molecular weight excluding hydrogens is 428 g/mol. The van der Waals surface area contributed by atoms with Gasteiger partial charge in [-0.1, -0.05) is 23.7 Å². The van der Waals surface area contributed by atoms with Crippen LogP contribution >= 0.6 is 11.6 Å². The second-order valence-electron chi connectivity index (χ2n) is 6.89. The molecule has 0 spiro atoms. The number of nitrogens with zero attached hydrogens (tertiary/aromatic N) is 2. The van der Waals surface area contributed by atoms with E-state index in [0.29, 0.717) is 44.9 Å². The molecule has 0 saturated carbocycles. The molecule has 6 nitrogen and oxygen atoms in total. The summed E-state index contributed by atoms with van der Waals surface area (Å²) in [6.07, 6.45) is 1.70. The molecule has 0 bridgehead atoms. The van der Waals surface area contributed by atoms with Crippen LogP contribution in [0.4, 0.5) is 5.69 Å². The molecule has 3 aromatic carbocycles. The van der Waals surface area contributed by atoms with Gasteiger partial charge in [-0.15, -0.1) is 0 Å². The summed E-state index contributed by atoms with van der Waals surface area (Å²) in [7, 11) is 4.74. The predicted molar refractivity (Wildman–Crippen MR) is 126 cm³/mol. The zero-order valence-corrected chi connectivity index (χ0v) is 18.6. The smallest absolute Gasteiger partial charge is 0.282 e. The van der Waals surface area contributed by atoms with Crippen LogP contribution in [0.2, 0.25) is 5.02 Å². The average Bonchev–Trinajstić information content (AvgIpc) is 3.15. The minimum atomic E-state index is -0.275. The van der Waals surface area contributed by atoms with Gasteiger partial charge in [-0.2, -0.15) is 0 Å². The van der Waals surface area contributed by atoms with Gasteiger partial charge in [-0.05, 0) is 54.6 Å². The number of carbonyl (C=O) groups is 1. The summed E-state index contributed by atoms with van der Waals surface area (Å²) in [5.74, 6) is 2.09. The molecule has 3 aromatic rings. The number of halogens is 1. The summed E-state index contributed by atoms with van der Waals surface area (Å²) >= 11 is 6.45. The molecule has 162 valence electrons. The van der Waals surface area contributed by atoms with Crippen molar-refractivity contribution in [3.05, 3.63) is 88.6 Å². The number of carbonyl (C=O) groups excluding carboxylic acids is 1. The van der Waals surface area contributed by atoms with Crippen LogP contribution in [0.5, 0.6) is 17.2 Å². The molecule has 7 heteroatoms. The van der Waals surface area contributed by atoms with E-state index in [1.54, 1.807) is 74.8 Å². The average molecular weight is 449 g/mol. The number of amidine groups is 1. The van der Waals surface area contributed by atoms with E-state index in [0.717, 1.165) is 0 Å². The highest BCUT2D eigenvalue weighted by Crippen LogP contribution is 2.33. The Kier molecular flexibility index (Phi) is 6.14. The molecule has 0 aliphatic carbocycles. The molecule has 0 unspecified atom stereocenters. The van der Waals surface area contributed by atoms with Crippen molar-refractivity contribution >= 4 is 35.1 Å². The van der Waals surface area contributed by atoms with Gasteiger partial charge in [0.15, 0.2) is 0 Å². The first-order chi connectivity index (χ1) is 15.5. The lowest BCUT2D eigenvalue weighted by atomic mass is 10.1. The molecule has 0 atom stereocenters. The lowest BCUT2D eigenvalue weighted by Gasteiger charge is -2.19. The first-order valence-corrected chi connectivity index (χ1v) is 10.2. The van der Waals surface area contributed by atoms with Gasteiger partial charge < -0.3 is 14.2 Å². The summed E-state index contributed by atoms with van der Waals surface area (Å²) in [5.41, 5.74) is 2.28. The number of aliphatic imine (C=N–C) groups is 1. The van der Waals surface area contributed by atoms with Gasteiger partial charge in [0, 0.05) is 17.2 Å². The molecule has 1 heterocycles. The molecule has 0 aromatic heterocycles. The maximum absolute atomic E-state index is 13.5. The lowest BCUT2D eigenvalue weighted by Crippen LogP contribution is -2.32. The minimum absolute atomic E-state index is 0.263. The number of benzene rings is 3. The Morgan fingerprint density at radius 3 is 2.22 bits per heavy atom. The fourth-order valence-corrected chi connectivity index (χ4v) is 3.62. The van der Waals surface area contributed by atoms with Gasteiger partial charge in [0.05, 0.1) is 32.0 Å². The first-order valence-electron chi connectivity index (χ1n) is 9.81. The predicted octanol–water partition coefficient (Wildman–Crippen LogP) is 5.20. The van der Waals surface area contributed by atoms with Gasteiger partial charge in [-0.25, -0.2) is 4.99 Å². The molecule has 0 N–H and O–H groups in total. The highest BCUT2D eigenvalue weighted by molar-refractivity contribution is 6.39. The Bertz CT molecular complexity index is 1220. The van der Waals surface area contributed by atoms with E-state index in [1.807, 2.05) is 24.3 Å². The number of methoxy groups -OCH3 is 3. The monoisotopic (exact) mass is 448 g/mol. The highest BCUT2D eigenvalue weighted by atomic mass is 35.5. The van der Waals surface area contributed by atoms with Crippen LogP contribution in [0.1, 0.15) is 11.1 Å². The Hall–Kier alpha value is -3.77. The quantitative estimate of drug-likeness (QED) is 0.486. The maximum atomic E-state index is 13.5. The normalized spacial score (nSPS) is 14.5. The van der Waals surface area contributed by atoms with Crippen LogP contribution in [-0.4, -0.2) is 33.1 Å². The molecule has 1 aliphatic heterocycles. The number of anilines is 1. The molecular formula is C25H21ClN2O4. The van der Waals surface area contributed by atoms with E-state index >= 15 is 0 Å². The first kappa shape index (κ1) is 21.5. The molecule has 0 fully saturated rings. The van der Waals surface area contributed by atoms with Crippen LogP contribution in [0.25, 0.3) is 6.08 Å². The molecule has 1 amide bonds. The highest BCUT2D eigenvalue weighted by Gasteiger charge is 2.33. The molecule has 1 aliphatic rings. The Morgan fingerprint density at radius 2 is 1.56 bits per heavy atom. The minimum Gasteiger partial charge on any atom is -0.497 e. The van der Waals surface area contributed by atoms with Crippen molar-refractivity contribution in [2.75, 3.05) is 26.2 Å². The van der Waals surface area contributed by atoms with E-state index in [2.05, 4.69) is 4.99 Å². The van der Waals surface area contributed by atoms with Gasteiger partial charge in [0.1, 0.15) is 28.8 Å². The molecule has 0 saturated heterocycles. The fourth-order valence-electron chi connectivity index (χ4n) is 3.40. The molecule has 4 rings (SSSR count). The number of ether oxygens (including phenoxy) is 3. The van der Waals surface area contributed by atoms with Crippen LogP contribution < -0.4 is 19.1 Å². The third kappa shape index (κ3) is 4.05. The zero-order valence-electron chi connectivity index (χ0n) is 17.8. The topological polar surface area (TPSA) is 60.4 Å². The summed E-state index contributed by atoms with van der Waals surface area (Å²) in [6, 6.07) is 19.9. The maximum Gasteiger partial charge on any atom is 0.282 e. The van der Waals surface area contributed by atoms with Gasteiger partial charge in [0.25, 0.3) is 5.91 Å². The summed E-state index contributed by atoms with van der Waals surface area (Å²) in [5, 5.41) is 0.501. The van der Waals surface area contributed by atoms with Crippen LogP contribution in [0, 0.1) is 0 Å². The number of rotatable bonds is 6. The van der Waals surface area contributed by atoms with Crippen molar-refractivity contribution in [3.8, 4) is 17.2 Å². The fraction of sp³-hybridized carbons (Fsp3) is 0.120. The van der Waals surface area contributed by atoms with E-state index < -0.39 is 0 Å².